The summed E-state index contributed by atoms with van der Waals surface area (Å²) in [7, 11) is 0. The number of fused-ring (bicyclic) bond motifs is 1. The maximum absolute atomic E-state index is 13.0. The summed E-state index contributed by atoms with van der Waals surface area (Å²) in [5.74, 6) is 0.684. The Morgan fingerprint density at radius 2 is 1.83 bits per heavy atom. The molecule has 2 amide bonds. The Hall–Kier alpha value is -2.40. The average molecular weight is 397 g/mol. The van der Waals surface area contributed by atoms with E-state index in [-0.39, 0.29) is 17.7 Å². The van der Waals surface area contributed by atoms with Gasteiger partial charge < -0.3 is 15.0 Å². The highest BCUT2D eigenvalue weighted by Gasteiger charge is 2.28. The van der Waals surface area contributed by atoms with E-state index in [0.29, 0.717) is 45.0 Å². The Labute approximate surface area is 173 Å². The second-order valence-electron chi connectivity index (χ2n) is 8.21. The molecule has 0 atom stereocenters. The van der Waals surface area contributed by atoms with E-state index in [1.807, 2.05) is 47.4 Å². The van der Waals surface area contributed by atoms with Crippen LogP contribution in [0, 0.1) is 11.8 Å². The van der Waals surface area contributed by atoms with E-state index in [1.54, 1.807) is 0 Å². The second kappa shape index (κ2) is 10.4. The zero-order valence-electron chi connectivity index (χ0n) is 17.5. The van der Waals surface area contributed by atoms with Gasteiger partial charge in [0.05, 0.1) is 0 Å². The summed E-state index contributed by atoms with van der Waals surface area (Å²) in [4.78, 5) is 27.3. The molecule has 1 aliphatic rings. The van der Waals surface area contributed by atoms with Crippen molar-refractivity contribution in [2.75, 3.05) is 32.8 Å². The molecule has 1 fully saturated rings. The van der Waals surface area contributed by atoms with E-state index >= 15 is 0 Å². The Kier molecular flexibility index (Phi) is 7.64. The van der Waals surface area contributed by atoms with Crippen molar-refractivity contribution >= 4 is 22.6 Å². The third-order valence-corrected chi connectivity index (χ3v) is 5.39. The predicted molar refractivity (Wildman–Crippen MR) is 116 cm³/mol. The highest BCUT2D eigenvalue weighted by Crippen LogP contribution is 2.23. The average Bonchev–Trinajstić information content (AvgIpc) is 2.75. The molecule has 0 aromatic heterocycles. The Bertz CT molecular complexity index is 820. The standard InChI is InChI=1S/C24H32N2O3/c1-18(2)17-29-16-6-13-25-23(27)20-11-14-26(15-12-20)24(28)22-10-5-8-19-7-3-4-9-21(19)22/h3-5,7-10,18,20H,6,11-17H2,1-2H3,(H,25,27). The van der Waals surface area contributed by atoms with Gasteiger partial charge in [-0.1, -0.05) is 50.2 Å². The Balaban J connectivity index is 1.45. The van der Waals surface area contributed by atoms with Crippen LogP contribution in [0.3, 0.4) is 0 Å². The van der Waals surface area contributed by atoms with E-state index in [4.69, 9.17) is 4.74 Å². The van der Waals surface area contributed by atoms with Crippen molar-refractivity contribution in [1.82, 2.24) is 10.2 Å². The van der Waals surface area contributed by atoms with E-state index < -0.39 is 0 Å². The van der Waals surface area contributed by atoms with Crippen molar-refractivity contribution in [3.8, 4) is 0 Å². The molecule has 2 aromatic rings. The van der Waals surface area contributed by atoms with Gasteiger partial charge in [-0.05, 0) is 42.0 Å². The van der Waals surface area contributed by atoms with Crippen LogP contribution in [-0.2, 0) is 9.53 Å². The van der Waals surface area contributed by atoms with Crippen LogP contribution in [0.2, 0.25) is 0 Å². The number of hydrogen-bond acceptors (Lipinski definition) is 3. The number of nitrogens with one attached hydrogen (secondary N) is 1. The number of ether oxygens (including phenoxy) is 1. The summed E-state index contributed by atoms with van der Waals surface area (Å²) in [5.41, 5.74) is 0.743. The molecule has 0 unspecified atom stereocenters. The van der Waals surface area contributed by atoms with Crippen LogP contribution in [0.25, 0.3) is 10.8 Å². The number of hydrogen-bond donors (Lipinski definition) is 1. The van der Waals surface area contributed by atoms with E-state index in [9.17, 15) is 9.59 Å². The maximum atomic E-state index is 13.0. The van der Waals surface area contributed by atoms with Gasteiger partial charge in [0.1, 0.15) is 0 Å². The molecule has 1 saturated heterocycles. The molecule has 0 spiro atoms. The van der Waals surface area contributed by atoms with Gasteiger partial charge in [-0.2, -0.15) is 0 Å². The molecule has 0 radical (unpaired) electrons. The van der Waals surface area contributed by atoms with Crippen molar-refractivity contribution < 1.29 is 14.3 Å². The summed E-state index contributed by atoms with van der Waals surface area (Å²) < 4.78 is 5.54. The number of likely N-dealkylation sites (tertiary alicyclic amines) is 1. The van der Waals surface area contributed by atoms with Crippen LogP contribution in [-0.4, -0.2) is 49.6 Å². The fraction of sp³-hybridized carbons (Fsp3) is 0.500. The van der Waals surface area contributed by atoms with Crippen LogP contribution in [0.5, 0.6) is 0 Å². The normalized spacial score (nSPS) is 15.1. The molecular weight excluding hydrogens is 364 g/mol. The summed E-state index contributed by atoms with van der Waals surface area (Å²) in [6.07, 6.45) is 2.26. The number of benzene rings is 2. The minimum atomic E-state index is -0.0110. The number of rotatable bonds is 8. The lowest BCUT2D eigenvalue weighted by Crippen LogP contribution is -2.43. The van der Waals surface area contributed by atoms with Gasteiger partial charge in [0.2, 0.25) is 5.91 Å². The summed E-state index contributed by atoms with van der Waals surface area (Å²) in [6, 6.07) is 13.8. The summed E-state index contributed by atoms with van der Waals surface area (Å²) in [5, 5.41) is 5.08. The van der Waals surface area contributed by atoms with Crippen LogP contribution >= 0.6 is 0 Å². The fourth-order valence-corrected chi connectivity index (χ4v) is 3.78. The molecule has 29 heavy (non-hydrogen) atoms. The van der Waals surface area contributed by atoms with Crippen molar-refractivity contribution in [3.05, 3.63) is 48.0 Å². The lowest BCUT2D eigenvalue weighted by Gasteiger charge is -2.31. The van der Waals surface area contributed by atoms with Crippen LogP contribution in [0.15, 0.2) is 42.5 Å². The third kappa shape index (κ3) is 5.80. The first-order valence-electron chi connectivity index (χ1n) is 10.7. The monoisotopic (exact) mass is 396 g/mol. The molecular formula is C24H32N2O3. The minimum Gasteiger partial charge on any atom is -0.381 e. The van der Waals surface area contributed by atoms with Gasteiger partial charge in [0.15, 0.2) is 0 Å². The first-order chi connectivity index (χ1) is 14.1. The van der Waals surface area contributed by atoms with Gasteiger partial charge in [0.25, 0.3) is 5.91 Å². The molecule has 0 bridgehead atoms. The molecule has 3 rings (SSSR count). The number of amides is 2. The number of carbonyl (C=O) groups excluding carboxylic acids is 2. The molecule has 1 aliphatic heterocycles. The molecule has 2 aromatic carbocycles. The fourth-order valence-electron chi connectivity index (χ4n) is 3.78. The van der Waals surface area contributed by atoms with Gasteiger partial charge in [-0.3, -0.25) is 9.59 Å². The highest BCUT2D eigenvalue weighted by molar-refractivity contribution is 6.07. The zero-order chi connectivity index (χ0) is 20.6. The summed E-state index contributed by atoms with van der Waals surface area (Å²) in [6.45, 7) is 7.58. The SMILES string of the molecule is CC(C)COCCCNC(=O)C1CCN(C(=O)c2cccc3ccccc23)CC1. The summed E-state index contributed by atoms with van der Waals surface area (Å²) >= 11 is 0. The van der Waals surface area contributed by atoms with Crippen LogP contribution < -0.4 is 5.32 Å². The molecule has 0 aliphatic carbocycles. The van der Waals surface area contributed by atoms with Gasteiger partial charge in [0, 0.05) is 44.3 Å². The molecule has 5 heteroatoms. The quantitative estimate of drug-likeness (QED) is 0.689. The van der Waals surface area contributed by atoms with E-state index in [2.05, 4.69) is 19.2 Å². The van der Waals surface area contributed by atoms with E-state index in [1.165, 1.54) is 0 Å². The highest BCUT2D eigenvalue weighted by atomic mass is 16.5. The lowest BCUT2D eigenvalue weighted by molar-refractivity contribution is -0.126. The Morgan fingerprint density at radius 1 is 1.10 bits per heavy atom. The predicted octanol–water partition coefficient (Wildman–Crippen LogP) is 3.87. The number of piperidine rings is 1. The molecule has 0 saturated carbocycles. The van der Waals surface area contributed by atoms with Crippen LogP contribution in [0.1, 0.15) is 43.5 Å². The smallest absolute Gasteiger partial charge is 0.254 e. The van der Waals surface area contributed by atoms with Crippen molar-refractivity contribution in [3.63, 3.8) is 0 Å². The zero-order valence-corrected chi connectivity index (χ0v) is 17.5. The minimum absolute atomic E-state index is 0.0110. The van der Waals surface area contributed by atoms with Gasteiger partial charge in [-0.15, -0.1) is 0 Å². The molecule has 156 valence electrons. The maximum Gasteiger partial charge on any atom is 0.254 e. The largest absolute Gasteiger partial charge is 0.381 e. The molecule has 1 heterocycles. The van der Waals surface area contributed by atoms with Crippen molar-refractivity contribution in [2.45, 2.75) is 33.1 Å². The second-order valence-corrected chi connectivity index (χ2v) is 8.21. The lowest BCUT2D eigenvalue weighted by atomic mass is 9.95. The van der Waals surface area contributed by atoms with Crippen molar-refractivity contribution in [2.24, 2.45) is 11.8 Å². The number of carbonyl (C=O) groups is 2. The van der Waals surface area contributed by atoms with Gasteiger partial charge in [-0.25, -0.2) is 0 Å². The first-order valence-corrected chi connectivity index (χ1v) is 10.7. The van der Waals surface area contributed by atoms with Crippen molar-refractivity contribution in [1.29, 1.82) is 0 Å². The topological polar surface area (TPSA) is 58.6 Å². The van der Waals surface area contributed by atoms with E-state index in [0.717, 1.165) is 29.4 Å². The number of nitrogens with zero attached hydrogens (tertiary/aromatic N) is 1. The Morgan fingerprint density at radius 3 is 2.59 bits per heavy atom. The van der Waals surface area contributed by atoms with Gasteiger partial charge >= 0.3 is 0 Å². The molecule has 1 N–H and O–H groups in total. The first kappa shape index (κ1) is 21.3. The third-order valence-electron chi connectivity index (χ3n) is 5.39. The van der Waals surface area contributed by atoms with Crippen LogP contribution in [0.4, 0.5) is 0 Å². The molecule has 5 nitrogen and oxygen atoms in total.